The second-order valence-electron chi connectivity index (χ2n) is 6.53. The van der Waals surface area contributed by atoms with Gasteiger partial charge in [0, 0.05) is 24.0 Å². The number of esters is 1. The van der Waals surface area contributed by atoms with Gasteiger partial charge >= 0.3 is 5.97 Å². The Hall–Kier alpha value is -2.36. The van der Waals surface area contributed by atoms with Crippen molar-refractivity contribution in [2.75, 3.05) is 6.61 Å². The summed E-state index contributed by atoms with van der Waals surface area (Å²) in [4.78, 5) is 24.6. The Balaban J connectivity index is 1.67. The predicted molar refractivity (Wildman–Crippen MR) is 92.6 cm³/mol. The summed E-state index contributed by atoms with van der Waals surface area (Å²) >= 11 is 0. The van der Waals surface area contributed by atoms with Crippen molar-refractivity contribution < 1.29 is 14.3 Å². The lowest BCUT2D eigenvalue weighted by Gasteiger charge is -2.16. The van der Waals surface area contributed by atoms with E-state index in [1.54, 1.807) is 6.07 Å². The molecule has 1 aromatic heterocycles. The van der Waals surface area contributed by atoms with Crippen LogP contribution in [0, 0.1) is 13.8 Å². The first-order valence-corrected chi connectivity index (χ1v) is 8.42. The van der Waals surface area contributed by atoms with Gasteiger partial charge in [-0.25, -0.2) is 4.79 Å². The number of Topliss-reactive ketones (excluding diaryl/α,β-unsaturated/α-hetero) is 1. The van der Waals surface area contributed by atoms with Crippen LogP contribution in [-0.2, 0) is 24.6 Å². The maximum absolute atomic E-state index is 12.3. The van der Waals surface area contributed by atoms with E-state index in [4.69, 9.17) is 4.74 Å². The zero-order chi connectivity index (χ0) is 17.3. The van der Waals surface area contributed by atoms with Crippen LogP contribution in [0.15, 0.2) is 24.3 Å². The number of nitrogens with zero attached hydrogens (tertiary/aromatic N) is 1. The van der Waals surface area contributed by atoms with Crippen LogP contribution in [0.25, 0.3) is 0 Å². The summed E-state index contributed by atoms with van der Waals surface area (Å²) in [5, 5.41) is 0. The Kier molecular flexibility index (Phi) is 4.56. The van der Waals surface area contributed by atoms with Gasteiger partial charge in [-0.3, -0.25) is 4.79 Å². The highest BCUT2D eigenvalue weighted by Crippen LogP contribution is 2.22. The summed E-state index contributed by atoms with van der Waals surface area (Å²) in [6.07, 6.45) is 4.46. The number of hydrogen-bond donors (Lipinski definition) is 0. The van der Waals surface area contributed by atoms with Crippen molar-refractivity contribution in [3.05, 3.63) is 57.9 Å². The molecule has 1 heterocycles. The molecule has 0 saturated carbocycles. The Bertz CT molecular complexity index is 801. The third-order valence-corrected chi connectivity index (χ3v) is 4.99. The summed E-state index contributed by atoms with van der Waals surface area (Å²) in [6.45, 7) is 3.62. The normalized spacial score (nSPS) is 13.5. The Morgan fingerprint density at radius 2 is 1.79 bits per heavy atom. The number of aryl methyl sites for hydroxylation is 3. The molecule has 1 aromatic carbocycles. The van der Waals surface area contributed by atoms with Crippen LogP contribution in [-0.4, -0.2) is 22.9 Å². The molecule has 0 fully saturated rings. The van der Waals surface area contributed by atoms with Gasteiger partial charge in [-0.1, -0.05) is 6.07 Å². The molecule has 0 amide bonds. The van der Waals surface area contributed by atoms with E-state index in [2.05, 4.69) is 0 Å². The molecule has 2 aromatic rings. The fourth-order valence-electron chi connectivity index (χ4n) is 3.29. The molecule has 3 rings (SSSR count). The number of ketones is 1. The molecule has 0 bridgehead atoms. The van der Waals surface area contributed by atoms with Gasteiger partial charge < -0.3 is 9.30 Å². The minimum absolute atomic E-state index is 0.164. The molecular formula is C20H23NO3. The van der Waals surface area contributed by atoms with Gasteiger partial charge in [0.05, 0.1) is 5.56 Å². The number of rotatable bonds is 4. The van der Waals surface area contributed by atoms with E-state index < -0.39 is 5.97 Å². The highest BCUT2D eigenvalue weighted by Gasteiger charge is 2.18. The van der Waals surface area contributed by atoms with Crippen LogP contribution in [0.2, 0.25) is 0 Å². The van der Waals surface area contributed by atoms with E-state index in [-0.39, 0.29) is 12.4 Å². The van der Waals surface area contributed by atoms with Gasteiger partial charge in [0.15, 0.2) is 6.61 Å². The van der Waals surface area contributed by atoms with Gasteiger partial charge in [0.2, 0.25) is 5.78 Å². The number of carbonyl (C=O) groups excluding carboxylic acids is 2. The topological polar surface area (TPSA) is 48.3 Å². The lowest BCUT2D eigenvalue weighted by molar-refractivity contribution is 0.0474. The molecule has 0 spiro atoms. The molecule has 24 heavy (non-hydrogen) atoms. The van der Waals surface area contributed by atoms with Gasteiger partial charge in [-0.15, -0.1) is 0 Å². The molecular weight excluding hydrogens is 302 g/mol. The van der Waals surface area contributed by atoms with Crippen molar-refractivity contribution >= 4 is 11.8 Å². The Labute approximate surface area is 142 Å². The number of aromatic nitrogens is 1. The minimum Gasteiger partial charge on any atom is -0.454 e. The first-order valence-electron chi connectivity index (χ1n) is 8.42. The van der Waals surface area contributed by atoms with Crippen LogP contribution in [0.4, 0.5) is 0 Å². The van der Waals surface area contributed by atoms with E-state index in [1.165, 1.54) is 17.5 Å². The van der Waals surface area contributed by atoms with Crippen LogP contribution in [0.1, 0.15) is 56.1 Å². The van der Waals surface area contributed by atoms with E-state index in [0.29, 0.717) is 11.1 Å². The SMILES string of the molecule is Cc1cc(C(=O)COC(=O)c2ccc3c(c2)CCCC3)c(C)n1C. The zero-order valence-corrected chi connectivity index (χ0v) is 14.5. The largest absolute Gasteiger partial charge is 0.454 e. The Morgan fingerprint density at radius 1 is 1.08 bits per heavy atom. The van der Waals surface area contributed by atoms with Crippen molar-refractivity contribution in [1.82, 2.24) is 4.57 Å². The van der Waals surface area contributed by atoms with Crippen LogP contribution in [0.5, 0.6) is 0 Å². The smallest absolute Gasteiger partial charge is 0.338 e. The molecule has 0 radical (unpaired) electrons. The Morgan fingerprint density at radius 3 is 2.46 bits per heavy atom. The number of benzene rings is 1. The molecule has 4 nitrogen and oxygen atoms in total. The van der Waals surface area contributed by atoms with Gasteiger partial charge in [-0.05, 0) is 68.9 Å². The first kappa shape index (κ1) is 16.5. The van der Waals surface area contributed by atoms with Crippen molar-refractivity contribution in [1.29, 1.82) is 0 Å². The summed E-state index contributed by atoms with van der Waals surface area (Å²) in [7, 11) is 1.92. The van der Waals surface area contributed by atoms with Crippen molar-refractivity contribution in [2.45, 2.75) is 39.5 Å². The quantitative estimate of drug-likeness (QED) is 0.638. The third kappa shape index (κ3) is 3.14. The number of ether oxygens (including phenoxy) is 1. The van der Waals surface area contributed by atoms with Crippen LogP contribution < -0.4 is 0 Å². The van der Waals surface area contributed by atoms with Crippen LogP contribution in [0.3, 0.4) is 0 Å². The minimum atomic E-state index is -0.429. The highest BCUT2D eigenvalue weighted by atomic mass is 16.5. The lowest BCUT2D eigenvalue weighted by atomic mass is 9.90. The average molecular weight is 325 g/mol. The summed E-state index contributed by atoms with van der Waals surface area (Å²) in [5.41, 5.74) is 5.61. The van der Waals surface area contributed by atoms with Gasteiger partial charge in [0.25, 0.3) is 0 Å². The van der Waals surface area contributed by atoms with E-state index in [9.17, 15) is 9.59 Å². The third-order valence-electron chi connectivity index (χ3n) is 4.99. The molecule has 0 N–H and O–H groups in total. The summed E-state index contributed by atoms with van der Waals surface area (Å²) in [5.74, 6) is -0.593. The zero-order valence-electron chi connectivity index (χ0n) is 14.5. The molecule has 0 saturated heterocycles. The fourth-order valence-corrected chi connectivity index (χ4v) is 3.29. The standard InChI is InChI=1S/C20H23NO3/c1-13-10-18(14(2)21(13)3)19(22)12-24-20(23)17-9-8-15-6-4-5-7-16(15)11-17/h8-11H,4-7,12H2,1-3H3. The molecule has 0 atom stereocenters. The maximum Gasteiger partial charge on any atom is 0.338 e. The summed E-state index contributed by atoms with van der Waals surface area (Å²) in [6, 6.07) is 7.57. The number of fused-ring (bicyclic) bond motifs is 1. The first-order chi connectivity index (χ1) is 11.5. The lowest BCUT2D eigenvalue weighted by Crippen LogP contribution is -2.15. The second kappa shape index (κ2) is 6.63. The van der Waals surface area contributed by atoms with Gasteiger partial charge in [-0.2, -0.15) is 0 Å². The van der Waals surface area contributed by atoms with Gasteiger partial charge in [0.1, 0.15) is 0 Å². The molecule has 0 unspecified atom stereocenters. The predicted octanol–water partition coefficient (Wildman–Crippen LogP) is 3.56. The highest BCUT2D eigenvalue weighted by molar-refractivity contribution is 6.00. The van der Waals surface area contributed by atoms with Crippen molar-refractivity contribution in [2.24, 2.45) is 7.05 Å². The van der Waals surface area contributed by atoms with E-state index >= 15 is 0 Å². The summed E-state index contributed by atoms with van der Waals surface area (Å²) < 4.78 is 7.20. The molecule has 126 valence electrons. The molecule has 1 aliphatic rings. The number of hydrogen-bond acceptors (Lipinski definition) is 3. The molecule has 1 aliphatic carbocycles. The maximum atomic E-state index is 12.3. The average Bonchev–Trinajstić information content (AvgIpc) is 2.86. The number of carbonyl (C=O) groups is 2. The van der Waals surface area contributed by atoms with E-state index in [0.717, 1.165) is 30.7 Å². The second-order valence-corrected chi connectivity index (χ2v) is 6.53. The van der Waals surface area contributed by atoms with Crippen molar-refractivity contribution in [3.8, 4) is 0 Å². The molecule has 4 heteroatoms. The van der Waals surface area contributed by atoms with E-state index in [1.807, 2.05) is 43.7 Å². The molecule has 0 aliphatic heterocycles. The fraction of sp³-hybridized carbons (Fsp3) is 0.400. The monoisotopic (exact) mass is 325 g/mol. The van der Waals surface area contributed by atoms with Crippen molar-refractivity contribution in [3.63, 3.8) is 0 Å². The van der Waals surface area contributed by atoms with Crippen LogP contribution >= 0.6 is 0 Å².